The number of aryl methyl sites for hydroxylation is 1. The van der Waals surface area contributed by atoms with Crippen molar-refractivity contribution in [3.05, 3.63) is 18.1 Å². The molecular formula is C14H15N5OS. The fraction of sp³-hybridized carbons (Fsp3) is 0.429. The summed E-state index contributed by atoms with van der Waals surface area (Å²) in [5.74, 6) is 2.00. The van der Waals surface area contributed by atoms with Gasteiger partial charge in [-0.2, -0.15) is 10.5 Å². The van der Waals surface area contributed by atoms with E-state index in [0.29, 0.717) is 18.6 Å². The second-order valence-electron chi connectivity index (χ2n) is 4.59. The van der Waals surface area contributed by atoms with E-state index in [0.717, 1.165) is 22.3 Å². The molecule has 0 radical (unpaired) electrons. The van der Waals surface area contributed by atoms with E-state index in [1.54, 1.807) is 6.26 Å². The quantitative estimate of drug-likeness (QED) is 0.762. The number of hydrogen-bond donors (Lipinski definition) is 0. The maximum Gasteiger partial charge on any atom is 0.191 e. The first-order valence-electron chi connectivity index (χ1n) is 6.50. The lowest BCUT2D eigenvalue weighted by atomic mass is 10.1. The smallest absolute Gasteiger partial charge is 0.191 e. The van der Waals surface area contributed by atoms with E-state index in [1.165, 1.54) is 11.8 Å². The van der Waals surface area contributed by atoms with Gasteiger partial charge >= 0.3 is 0 Å². The van der Waals surface area contributed by atoms with E-state index in [2.05, 4.69) is 22.3 Å². The Kier molecular flexibility index (Phi) is 5.02. The maximum atomic E-state index is 9.06. The van der Waals surface area contributed by atoms with Gasteiger partial charge in [0, 0.05) is 19.2 Å². The number of hydrogen-bond acceptors (Lipinski definition) is 6. The van der Waals surface area contributed by atoms with Crippen LogP contribution in [-0.2, 0) is 7.05 Å². The summed E-state index contributed by atoms with van der Waals surface area (Å²) < 4.78 is 7.17. The zero-order valence-electron chi connectivity index (χ0n) is 11.9. The molecule has 1 atom stereocenters. The average Bonchev–Trinajstić information content (AvgIpc) is 3.05. The molecule has 0 saturated heterocycles. The number of nitrogens with zero attached hydrogens (tertiary/aromatic N) is 5. The van der Waals surface area contributed by atoms with Gasteiger partial charge in [-0.1, -0.05) is 11.8 Å². The Morgan fingerprint density at radius 1 is 1.43 bits per heavy atom. The normalized spacial score (nSPS) is 11.8. The van der Waals surface area contributed by atoms with Crippen LogP contribution in [0.1, 0.15) is 18.6 Å². The Morgan fingerprint density at radius 2 is 2.24 bits per heavy atom. The number of rotatable bonds is 6. The molecule has 0 aliphatic carbocycles. The molecule has 0 bridgehead atoms. The molecule has 2 aromatic rings. The van der Waals surface area contributed by atoms with Gasteiger partial charge in [-0.05, 0) is 19.4 Å². The Balaban J connectivity index is 2.06. The first kappa shape index (κ1) is 15.1. The Morgan fingerprint density at radius 3 is 2.86 bits per heavy atom. The minimum Gasteiger partial charge on any atom is -0.469 e. The van der Waals surface area contributed by atoms with Gasteiger partial charge in [-0.15, -0.1) is 10.2 Å². The summed E-state index contributed by atoms with van der Waals surface area (Å²) in [6.07, 6.45) is 2.61. The van der Waals surface area contributed by atoms with Crippen LogP contribution in [0.4, 0.5) is 0 Å². The van der Waals surface area contributed by atoms with Gasteiger partial charge in [-0.25, -0.2) is 0 Å². The highest BCUT2D eigenvalue weighted by Crippen LogP contribution is 2.27. The fourth-order valence-corrected chi connectivity index (χ4v) is 2.86. The molecule has 0 aliphatic rings. The van der Waals surface area contributed by atoms with Gasteiger partial charge in [-0.3, -0.25) is 0 Å². The molecule has 7 heteroatoms. The van der Waals surface area contributed by atoms with Crippen LogP contribution in [0.5, 0.6) is 0 Å². The minimum atomic E-state index is -0.148. The molecule has 0 amide bonds. The summed E-state index contributed by atoms with van der Waals surface area (Å²) in [7, 11) is 1.89. The zero-order chi connectivity index (χ0) is 15.2. The van der Waals surface area contributed by atoms with Crippen LogP contribution in [0.3, 0.4) is 0 Å². The molecule has 2 aromatic heterocycles. The number of aromatic nitrogens is 3. The highest BCUT2D eigenvalue weighted by molar-refractivity contribution is 7.99. The van der Waals surface area contributed by atoms with E-state index < -0.39 is 0 Å². The lowest BCUT2D eigenvalue weighted by Crippen LogP contribution is -2.02. The van der Waals surface area contributed by atoms with Crippen LogP contribution in [0.15, 0.2) is 21.9 Å². The van der Waals surface area contributed by atoms with Crippen molar-refractivity contribution < 1.29 is 4.42 Å². The molecule has 0 N–H and O–H groups in total. The second-order valence-corrected chi connectivity index (χ2v) is 5.58. The van der Waals surface area contributed by atoms with E-state index in [9.17, 15) is 0 Å². The summed E-state index contributed by atoms with van der Waals surface area (Å²) in [6.45, 7) is 1.88. The summed E-state index contributed by atoms with van der Waals surface area (Å²) in [4.78, 5) is 0. The van der Waals surface area contributed by atoms with Crippen molar-refractivity contribution in [2.75, 3.05) is 5.75 Å². The van der Waals surface area contributed by atoms with Gasteiger partial charge in [0.25, 0.3) is 0 Å². The third-order valence-electron chi connectivity index (χ3n) is 3.14. The Bertz CT molecular complexity index is 691. The number of thioether (sulfide) groups is 1. The molecule has 2 rings (SSSR count). The fourth-order valence-electron chi connectivity index (χ4n) is 1.89. The molecule has 21 heavy (non-hydrogen) atoms. The predicted molar refractivity (Wildman–Crippen MR) is 78.1 cm³/mol. The SMILES string of the molecule is Cc1occc1-c1nnc(SC[C@H](C#N)CCC#N)n1C. The summed E-state index contributed by atoms with van der Waals surface area (Å²) >= 11 is 1.48. The van der Waals surface area contributed by atoms with Gasteiger partial charge < -0.3 is 8.98 Å². The van der Waals surface area contributed by atoms with E-state index in [1.807, 2.05) is 24.6 Å². The van der Waals surface area contributed by atoms with Crippen LogP contribution < -0.4 is 0 Å². The van der Waals surface area contributed by atoms with Crippen molar-refractivity contribution in [2.45, 2.75) is 24.9 Å². The largest absolute Gasteiger partial charge is 0.469 e. The van der Waals surface area contributed by atoms with Crippen LogP contribution in [0.2, 0.25) is 0 Å². The van der Waals surface area contributed by atoms with Gasteiger partial charge in [0.05, 0.1) is 29.9 Å². The lowest BCUT2D eigenvalue weighted by Gasteiger charge is -2.06. The molecule has 108 valence electrons. The molecule has 0 aliphatic heterocycles. The average molecular weight is 301 g/mol. The first-order valence-corrected chi connectivity index (χ1v) is 7.49. The van der Waals surface area contributed by atoms with E-state index in [-0.39, 0.29) is 5.92 Å². The maximum absolute atomic E-state index is 9.06. The molecule has 0 unspecified atom stereocenters. The highest BCUT2D eigenvalue weighted by Gasteiger charge is 2.16. The van der Waals surface area contributed by atoms with Crippen molar-refractivity contribution in [3.8, 4) is 23.5 Å². The van der Waals surface area contributed by atoms with Gasteiger partial charge in [0.2, 0.25) is 0 Å². The third-order valence-corrected chi connectivity index (χ3v) is 4.32. The van der Waals surface area contributed by atoms with Crippen LogP contribution in [0.25, 0.3) is 11.4 Å². The summed E-state index contributed by atoms with van der Waals surface area (Å²) in [6, 6.07) is 6.15. The zero-order valence-corrected chi connectivity index (χ0v) is 12.7. The number of nitriles is 2. The van der Waals surface area contributed by atoms with Crippen molar-refractivity contribution >= 4 is 11.8 Å². The molecule has 0 aromatic carbocycles. The first-order chi connectivity index (χ1) is 10.2. The standard InChI is InChI=1S/C14H15N5OS/c1-10-12(5-7-20-10)13-17-18-14(19(13)2)21-9-11(8-16)4-3-6-15/h5,7,11H,3-4,9H2,1-2H3/t11-/m0/s1. The lowest BCUT2D eigenvalue weighted by molar-refractivity contribution is 0.534. The Hall–Kier alpha value is -2.25. The van der Waals surface area contributed by atoms with Crippen LogP contribution in [-0.4, -0.2) is 20.5 Å². The van der Waals surface area contributed by atoms with Gasteiger partial charge in [0.1, 0.15) is 5.76 Å². The van der Waals surface area contributed by atoms with E-state index in [4.69, 9.17) is 14.9 Å². The monoisotopic (exact) mass is 301 g/mol. The van der Waals surface area contributed by atoms with Crippen molar-refractivity contribution in [3.63, 3.8) is 0 Å². The third kappa shape index (κ3) is 3.45. The van der Waals surface area contributed by atoms with Crippen molar-refractivity contribution in [2.24, 2.45) is 13.0 Å². The van der Waals surface area contributed by atoms with Crippen LogP contribution in [0, 0.1) is 35.5 Å². The summed E-state index contributed by atoms with van der Waals surface area (Å²) in [5, 5.41) is 26.7. The second kappa shape index (κ2) is 6.96. The Labute approximate surface area is 127 Å². The number of furan rings is 1. The van der Waals surface area contributed by atoms with Crippen LogP contribution >= 0.6 is 11.8 Å². The topological polar surface area (TPSA) is 91.4 Å². The minimum absolute atomic E-state index is 0.148. The molecule has 0 saturated carbocycles. The van der Waals surface area contributed by atoms with Gasteiger partial charge in [0.15, 0.2) is 11.0 Å². The summed E-state index contributed by atoms with van der Waals surface area (Å²) in [5.41, 5.74) is 0.915. The molecule has 0 spiro atoms. The molecular weight excluding hydrogens is 286 g/mol. The molecule has 2 heterocycles. The predicted octanol–water partition coefficient (Wildman–Crippen LogP) is 2.92. The molecule has 6 nitrogen and oxygen atoms in total. The van der Waals surface area contributed by atoms with Crippen molar-refractivity contribution in [1.82, 2.24) is 14.8 Å². The van der Waals surface area contributed by atoms with E-state index >= 15 is 0 Å². The molecule has 0 fully saturated rings. The highest BCUT2D eigenvalue weighted by atomic mass is 32.2. The van der Waals surface area contributed by atoms with Crippen molar-refractivity contribution in [1.29, 1.82) is 10.5 Å².